The topological polar surface area (TPSA) is 22.0 Å². The molecule has 0 aliphatic heterocycles. The highest BCUT2D eigenvalue weighted by Gasteiger charge is 2.29. The van der Waals surface area contributed by atoms with E-state index in [4.69, 9.17) is 0 Å². The Morgan fingerprint density at radius 1 is 0.828 bits per heavy atom. The normalized spacial score (nSPS) is 11.7. The van der Waals surface area contributed by atoms with Crippen molar-refractivity contribution in [2.45, 2.75) is 12.7 Å². The summed E-state index contributed by atoms with van der Waals surface area (Å²) in [4.78, 5) is 12.8. The fourth-order valence-electron chi connectivity index (χ4n) is 3.25. The third kappa shape index (κ3) is 3.78. The molecule has 0 unspecified atom stereocenters. The van der Waals surface area contributed by atoms with Crippen LogP contribution in [0.15, 0.2) is 83.8 Å². The number of pyridine rings is 1. The Bertz CT molecular complexity index is 1240. The van der Waals surface area contributed by atoms with Crippen molar-refractivity contribution in [3.63, 3.8) is 0 Å². The molecule has 1 aromatic heterocycles. The molecule has 6 heteroatoms. The van der Waals surface area contributed by atoms with Gasteiger partial charge in [-0.1, -0.05) is 36.4 Å². The SMILES string of the molecule is O=c1c2ccc(-c3ccc(C(F)(F)F)cc3)cc2ccn1Cc1ccccc1F. The monoisotopic (exact) mass is 397 g/mol. The molecule has 4 aromatic rings. The first-order chi connectivity index (χ1) is 13.8. The van der Waals surface area contributed by atoms with Crippen molar-refractivity contribution >= 4 is 10.8 Å². The van der Waals surface area contributed by atoms with Crippen molar-refractivity contribution in [2.75, 3.05) is 0 Å². The Morgan fingerprint density at radius 2 is 1.52 bits per heavy atom. The summed E-state index contributed by atoms with van der Waals surface area (Å²) in [5.41, 5.74) is 0.769. The zero-order chi connectivity index (χ0) is 20.6. The van der Waals surface area contributed by atoms with Gasteiger partial charge in [0.1, 0.15) is 5.82 Å². The average molecular weight is 397 g/mol. The fraction of sp³-hybridized carbons (Fsp3) is 0.0870. The predicted molar refractivity (Wildman–Crippen MR) is 104 cm³/mol. The molecular weight excluding hydrogens is 382 g/mol. The quantitative estimate of drug-likeness (QED) is 0.396. The number of halogens is 4. The molecule has 1 heterocycles. The Hall–Kier alpha value is -3.41. The van der Waals surface area contributed by atoms with Crippen LogP contribution in [0.1, 0.15) is 11.1 Å². The summed E-state index contributed by atoms with van der Waals surface area (Å²) in [6, 6.07) is 18.0. The number of rotatable bonds is 3. The highest BCUT2D eigenvalue weighted by atomic mass is 19.4. The van der Waals surface area contributed by atoms with Gasteiger partial charge in [0.25, 0.3) is 5.56 Å². The van der Waals surface area contributed by atoms with Gasteiger partial charge in [-0.25, -0.2) is 4.39 Å². The minimum Gasteiger partial charge on any atom is -0.310 e. The maximum Gasteiger partial charge on any atom is 0.416 e. The molecule has 3 aromatic carbocycles. The summed E-state index contributed by atoms with van der Waals surface area (Å²) in [5.74, 6) is -0.378. The van der Waals surface area contributed by atoms with Crippen molar-refractivity contribution in [1.29, 1.82) is 0 Å². The minimum absolute atomic E-state index is 0.113. The van der Waals surface area contributed by atoms with E-state index in [1.165, 1.54) is 22.8 Å². The molecule has 0 N–H and O–H groups in total. The minimum atomic E-state index is -4.38. The highest BCUT2D eigenvalue weighted by molar-refractivity contribution is 5.86. The maximum atomic E-state index is 13.9. The third-order valence-electron chi connectivity index (χ3n) is 4.82. The van der Waals surface area contributed by atoms with E-state index in [-0.39, 0.29) is 17.9 Å². The first-order valence-corrected chi connectivity index (χ1v) is 8.87. The van der Waals surface area contributed by atoms with Crippen molar-refractivity contribution < 1.29 is 17.6 Å². The van der Waals surface area contributed by atoms with Crippen LogP contribution in [0.3, 0.4) is 0 Å². The molecule has 4 rings (SSSR count). The predicted octanol–water partition coefficient (Wildman–Crippen LogP) is 5.87. The summed E-state index contributed by atoms with van der Waals surface area (Å²) in [6.45, 7) is 0.113. The summed E-state index contributed by atoms with van der Waals surface area (Å²) in [7, 11) is 0. The zero-order valence-electron chi connectivity index (χ0n) is 15.1. The highest BCUT2D eigenvalue weighted by Crippen LogP contribution is 2.31. The van der Waals surface area contributed by atoms with Gasteiger partial charge in [-0.2, -0.15) is 13.2 Å². The standard InChI is InChI=1S/C23H15F4NO/c24-21-4-2-1-3-18(21)14-28-12-11-17-13-16(7-10-20(17)22(28)29)15-5-8-19(9-6-15)23(25,26)27/h1-13H,14H2. The number of hydrogen-bond donors (Lipinski definition) is 0. The van der Waals surface area contributed by atoms with Crippen molar-refractivity contribution in [1.82, 2.24) is 4.57 Å². The van der Waals surface area contributed by atoms with Gasteiger partial charge in [0, 0.05) is 17.1 Å². The van der Waals surface area contributed by atoms with Gasteiger partial charge in [-0.05, 0) is 52.9 Å². The molecule has 0 bridgehead atoms. The van der Waals surface area contributed by atoms with Crippen LogP contribution in [0, 0.1) is 5.82 Å². The lowest BCUT2D eigenvalue weighted by Gasteiger charge is -2.10. The molecular formula is C23H15F4NO. The molecule has 0 aliphatic carbocycles. The second kappa shape index (κ2) is 7.20. The molecule has 0 saturated carbocycles. The van der Waals surface area contributed by atoms with Gasteiger partial charge in [0.15, 0.2) is 0 Å². The van der Waals surface area contributed by atoms with Crippen molar-refractivity contribution in [3.8, 4) is 11.1 Å². The van der Waals surface area contributed by atoms with Crippen LogP contribution in [0.2, 0.25) is 0 Å². The van der Waals surface area contributed by atoms with E-state index in [1.54, 1.807) is 48.7 Å². The van der Waals surface area contributed by atoms with Crippen LogP contribution in [0.5, 0.6) is 0 Å². The first kappa shape index (κ1) is 18.9. The van der Waals surface area contributed by atoms with Crippen LogP contribution in [0.25, 0.3) is 21.9 Å². The Balaban J connectivity index is 1.69. The second-order valence-corrected chi connectivity index (χ2v) is 6.72. The smallest absolute Gasteiger partial charge is 0.310 e. The van der Waals surface area contributed by atoms with Gasteiger partial charge >= 0.3 is 6.18 Å². The number of benzene rings is 3. The van der Waals surface area contributed by atoms with Crippen molar-refractivity contribution in [2.24, 2.45) is 0 Å². The van der Waals surface area contributed by atoms with E-state index in [2.05, 4.69) is 0 Å². The fourth-order valence-corrected chi connectivity index (χ4v) is 3.25. The molecule has 0 saturated heterocycles. The molecule has 0 atom stereocenters. The van der Waals surface area contributed by atoms with Gasteiger partial charge in [0.2, 0.25) is 0 Å². The Kier molecular flexibility index (Phi) is 4.70. The summed E-state index contributed by atoms with van der Waals surface area (Å²) in [5, 5.41) is 1.12. The number of fused-ring (bicyclic) bond motifs is 1. The van der Waals surface area contributed by atoms with Gasteiger partial charge in [0.05, 0.1) is 12.1 Å². The van der Waals surface area contributed by atoms with Crippen LogP contribution >= 0.6 is 0 Å². The second-order valence-electron chi connectivity index (χ2n) is 6.72. The van der Waals surface area contributed by atoms with Crippen LogP contribution in [-0.2, 0) is 12.7 Å². The molecule has 146 valence electrons. The maximum absolute atomic E-state index is 13.9. The average Bonchev–Trinajstić information content (AvgIpc) is 2.71. The van der Waals surface area contributed by atoms with E-state index in [0.29, 0.717) is 27.5 Å². The van der Waals surface area contributed by atoms with Gasteiger partial charge in [-0.15, -0.1) is 0 Å². The lowest BCUT2D eigenvalue weighted by Crippen LogP contribution is -2.20. The van der Waals surface area contributed by atoms with Gasteiger partial charge in [-0.3, -0.25) is 4.79 Å². The van der Waals surface area contributed by atoms with Gasteiger partial charge < -0.3 is 4.57 Å². The van der Waals surface area contributed by atoms with Crippen molar-refractivity contribution in [3.05, 3.63) is 106 Å². The molecule has 0 spiro atoms. The van der Waals surface area contributed by atoms with E-state index < -0.39 is 11.7 Å². The Morgan fingerprint density at radius 3 is 2.21 bits per heavy atom. The number of nitrogens with zero attached hydrogens (tertiary/aromatic N) is 1. The number of alkyl halides is 3. The summed E-state index contributed by atoms with van der Waals surface area (Å²) >= 11 is 0. The van der Waals surface area contributed by atoms with Crippen LogP contribution < -0.4 is 5.56 Å². The van der Waals surface area contributed by atoms with E-state index in [0.717, 1.165) is 12.1 Å². The largest absolute Gasteiger partial charge is 0.416 e. The first-order valence-electron chi connectivity index (χ1n) is 8.87. The van der Waals surface area contributed by atoms with Crippen LogP contribution in [-0.4, -0.2) is 4.57 Å². The Labute approximate surface area is 163 Å². The lowest BCUT2D eigenvalue weighted by atomic mass is 10.0. The molecule has 2 nitrogen and oxygen atoms in total. The van der Waals surface area contributed by atoms with E-state index in [9.17, 15) is 22.4 Å². The molecule has 29 heavy (non-hydrogen) atoms. The third-order valence-corrected chi connectivity index (χ3v) is 4.82. The number of aromatic nitrogens is 1. The molecule has 0 radical (unpaired) electrons. The zero-order valence-corrected chi connectivity index (χ0v) is 15.1. The number of hydrogen-bond acceptors (Lipinski definition) is 1. The van der Waals surface area contributed by atoms with E-state index >= 15 is 0 Å². The summed E-state index contributed by atoms with van der Waals surface area (Å²) in [6.07, 6.45) is -2.79. The molecule has 0 fully saturated rings. The molecule has 0 aliphatic rings. The van der Waals surface area contributed by atoms with Crippen LogP contribution in [0.4, 0.5) is 17.6 Å². The van der Waals surface area contributed by atoms with E-state index in [1.807, 2.05) is 0 Å². The lowest BCUT2D eigenvalue weighted by molar-refractivity contribution is -0.137. The summed E-state index contributed by atoms with van der Waals surface area (Å²) < 4.78 is 53.5. The molecule has 0 amide bonds.